The van der Waals surface area contributed by atoms with E-state index in [0.717, 1.165) is 0 Å². The summed E-state index contributed by atoms with van der Waals surface area (Å²) in [5.41, 5.74) is 24.5. The van der Waals surface area contributed by atoms with Gasteiger partial charge >= 0.3 is 0 Å². The van der Waals surface area contributed by atoms with E-state index >= 15 is 0 Å². The molecule has 0 nitrogen and oxygen atoms in total. The molecule has 0 amide bonds. The van der Waals surface area contributed by atoms with Gasteiger partial charge in [-0.1, -0.05) is 257 Å². The molecule has 0 aliphatic heterocycles. The Balaban J connectivity index is 1.04. The molecule has 0 saturated heterocycles. The Morgan fingerprint density at radius 2 is 0.657 bits per heavy atom. The molecule has 0 spiro atoms. The normalized spacial score (nSPS) is 15.2. The molecule has 0 saturated carbocycles. The van der Waals surface area contributed by atoms with Crippen molar-refractivity contribution in [2.45, 2.75) is 30.1 Å². The van der Waals surface area contributed by atoms with Gasteiger partial charge in [0.2, 0.25) is 0 Å². The molecule has 0 fully saturated rings. The van der Waals surface area contributed by atoms with Crippen LogP contribution in [-0.2, 0) is 16.2 Å². The minimum atomic E-state index is -0.596. The van der Waals surface area contributed by atoms with Crippen molar-refractivity contribution < 1.29 is 0 Å². The third kappa shape index (κ3) is 5.60. The number of hydrogen-bond donors (Lipinski definition) is 0. The predicted molar refractivity (Wildman–Crippen MR) is 278 cm³/mol. The SMILES string of the molecule is CC1(C)c2ccccc2-c2ccc(/C(=C/c3ccccc3)c3ccc(C4(c5ccc6c(c5)C(c5ccccc5)(c5ccccc5)c5ccccc5-6)c5ccccc5-c5ccccc54)cc3)cc21. The highest BCUT2D eigenvalue weighted by atomic mass is 14.5. The summed E-state index contributed by atoms with van der Waals surface area (Å²) in [6.07, 6.45) is 2.37. The maximum absolute atomic E-state index is 2.58. The second-order valence-electron chi connectivity index (χ2n) is 19.1. The molecule has 67 heavy (non-hydrogen) atoms. The molecule has 0 radical (unpaired) electrons. The van der Waals surface area contributed by atoms with Gasteiger partial charge in [-0.15, -0.1) is 0 Å². The molecule has 0 atom stereocenters. The third-order valence-corrected chi connectivity index (χ3v) is 15.5. The van der Waals surface area contributed by atoms with Gasteiger partial charge in [-0.2, -0.15) is 0 Å². The van der Waals surface area contributed by atoms with Crippen molar-refractivity contribution in [1.29, 1.82) is 0 Å². The van der Waals surface area contributed by atoms with Crippen LogP contribution in [0.2, 0.25) is 0 Å². The Hall–Kier alpha value is -8.06. The lowest BCUT2D eigenvalue weighted by Crippen LogP contribution is -2.31. The quantitative estimate of drug-likeness (QED) is 0.140. The van der Waals surface area contributed by atoms with E-state index in [1.54, 1.807) is 0 Å². The average Bonchev–Trinajstić information content (AvgIpc) is 3.95. The van der Waals surface area contributed by atoms with Crippen LogP contribution in [0.3, 0.4) is 0 Å². The Morgan fingerprint density at radius 1 is 0.284 bits per heavy atom. The molecule has 0 N–H and O–H groups in total. The first-order chi connectivity index (χ1) is 33.0. The summed E-state index contributed by atoms with van der Waals surface area (Å²) in [6.45, 7) is 4.74. The van der Waals surface area contributed by atoms with Gasteiger partial charge in [0.15, 0.2) is 0 Å². The van der Waals surface area contributed by atoms with E-state index in [1.165, 1.54) is 111 Å². The topological polar surface area (TPSA) is 0 Å². The fourth-order valence-corrected chi connectivity index (χ4v) is 12.5. The smallest absolute Gasteiger partial charge is 0.0622 e. The van der Waals surface area contributed by atoms with Gasteiger partial charge in [0, 0.05) is 5.41 Å². The van der Waals surface area contributed by atoms with Gasteiger partial charge in [-0.05, 0) is 123 Å². The van der Waals surface area contributed by atoms with Crippen molar-refractivity contribution in [1.82, 2.24) is 0 Å². The molecule has 0 bridgehead atoms. The molecule has 0 aromatic heterocycles. The van der Waals surface area contributed by atoms with Crippen LogP contribution in [0.5, 0.6) is 0 Å². The fraction of sp³-hybridized carbons (Fsp3) is 0.0746. The Kier molecular flexibility index (Phi) is 8.80. The lowest BCUT2D eigenvalue weighted by molar-refractivity contribution is 0.660. The van der Waals surface area contributed by atoms with Crippen LogP contribution in [0.15, 0.2) is 249 Å². The minimum Gasteiger partial charge on any atom is -0.0622 e. The van der Waals surface area contributed by atoms with Crippen LogP contribution >= 0.6 is 0 Å². The lowest BCUT2D eigenvalue weighted by atomic mass is 9.64. The van der Waals surface area contributed by atoms with Crippen LogP contribution in [0.4, 0.5) is 0 Å². The van der Waals surface area contributed by atoms with E-state index in [0.29, 0.717) is 0 Å². The summed E-state index contributed by atoms with van der Waals surface area (Å²) in [6, 6.07) is 93.5. The summed E-state index contributed by atoms with van der Waals surface area (Å²) < 4.78 is 0. The van der Waals surface area contributed by atoms with E-state index in [-0.39, 0.29) is 5.41 Å². The van der Waals surface area contributed by atoms with Crippen molar-refractivity contribution in [3.05, 3.63) is 321 Å². The summed E-state index contributed by atoms with van der Waals surface area (Å²) in [5, 5.41) is 0. The van der Waals surface area contributed by atoms with Gasteiger partial charge in [0.1, 0.15) is 0 Å². The maximum atomic E-state index is 2.58. The molecule has 10 aromatic carbocycles. The summed E-state index contributed by atoms with van der Waals surface area (Å²) >= 11 is 0. The second kappa shape index (κ2) is 15.0. The predicted octanol–water partition coefficient (Wildman–Crippen LogP) is 16.3. The van der Waals surface area contributed by atoms with Crippen LogP contribution in [0.25, 0.3) is 45.0 Å². The Labute approximate surface area is 394 Å². The van der Waals surface area contributed by atoms with Crippen molar-refractivity contribution in [2.24, 2.45) is 0 Å². The van der Waals surface area contributed by atoms with E-state index in [1.807, 2.05) is 0 Å². The van der Waals surface area contributed by atoms with E-state index in [2.05, 4.69) is 269 Å². The zero-order chi connectivity index (χ0) is 44.7. The largest absolute Gasteiger partial charge is 0.0713 e. The standard InChI is InChI=1S/C67H48/c1-65(2)59-30-16-12-26-52(59)56-40-36-47(43-63(56)65)58(42-45-20-6-3-7-21-45)46-34-37-50(38-35-46)67(61-32-18-13-27-53(61)54-28-14-19-33-62(54)67)51-39-41-57-55-29-15-17-31-60(55)66(64(57)44-51,48-22-8-4-9-23-48)49-24-10-5-11-25-49/h3-44H,1-2H3/b58-42+. The molecular formula is C67H48. The highest BCUT2D eigenvalue weighted by Gasteiger charge is 2.50. The third-order valence-electron chi connectivity index (χ3n) is 15.5. The van der Waals surface area contributed by atoms with Gasteiger partial charge in [0.05, 0.1) is 10.8 Å². The molecule has 0 unspecified atom stereocenters. The fourth-order valence-electron chi connectivity index (χ4n) is 12.5. The van der Waals surface area contributed by atoms with E-state index in [9.17, 15) is 0 Å². The van der Waals surface area contributed by atoms with Crippen molar-refractivity contribution in [3.8, 4) is 33.4 Å². The van der Waals surface area contributed by atoms with Gasteiger partial charge < -0.3 is 0 Å². The average molecular weight is 853 g/mol. The highest BCUT2D eigenvalue weighted by molar-refractivity contribution is 5.95. The minimum absolute atomic E-state index is 0.102. The Bertz CT molecular complexity index is 3490. The van der Waals surface area contributed by atoms with Crippen molar-refractivity contribution >= 4 is 11.6 Å². The number of hydrogen-bond acceptors (Lipinski definition) is 0. The van der Waals surface area contributed by atoms with Gasteiger partial charge in [-0.3, -0.25) is 0 Å². The van der Waals surface area contributed by atoms with Crippen LogP contribution in [0, 0.1) is 0 Å². The number of fused-ring (bicyclic) bond motifs is 9. The van der Waals surface area contributed by atoms with Crippen molar-refractivity contribution in [3.63, 3.8) is 0 Å². The second-order valence-corrected chi connectivity index (χ2v) is 19.1. The number of benzene rings is 10. The summed E-state index contributed by atoms with van der Waals surface area (Å²) in [4.78, 5) is 0. The molecule has 10 aromatic rings. The molecule has 3 aliphatic rings. The monoisotopic (exact) mass is 852 g/mol. The summed E-state index contributed by atoms with van der Waals surface area (Å²) in [5.74, 6) is 0. The highest BCUT2D eigenvalue weighted by Crippen LogP contribution is 2.61. The molecule has 13 rings (SSSR count). The zero-order valence-corrected chi connectivity index (χ0v) is 37.7. The van der Waals surface area contributed by atoms with Gasteiger partial charge in [-0.25, -0.2) is 0 Å². The maximum Gasteiger partial charge on any atom is 0.0713 e. The van der Waals surface area contributed by atoms with Crippen LogP contribution < -0.4 is 0 Å². The first-order valence-corrected chi connectivity index (χ1v) is 23.7. The van der Waals surface area contributed by atoms with Crippen LogP contribution in [0.1, 0.15) is 86.2 Å². The molecule has 3 aliphatic carbocycles. The molecule has 0 heteroatoms. The van der Waals surface area contributed by atoms with Crippen molar-refractivity contribution in [2.75, 3.05) is 0 Å². The summed E-state index contributed by atoms with van der Waals surface area (Å²) in [7, 11) is 0. The molecule has 316 valence electrons. The molecular weight excluding hydrogens is 805 g/mol. The first-order valence-electron chi connectivity index (χ1n) is 23.7. The zero-order valence-electron chi connectivity index (χ0n) is 37.7. The van der Waals surface area contributed by atoms with Gasteiger partial charge in [0.25, 0.3) is 0 Å². The van der Waals surface area contributed by atoms with Crippen LogP contribution in [-0.4, -0.2) is 0 Å². The molecule has 0 heterocycles. The first kappa shape index (κ1) is 39.3. The van der Waals surface area contributed by atoms with E-state index in [4.69, 9.17) is 0 Å². The van der Waals surface area contributed by atoms with E-state index < -0.39 is 10.8 Å². The lowest BCUT2D eigenvalue weighted by Gasteiger charge is -2.37. The Morgan fingerprint density at radius 3 is 1.21 bits per heavy atom. The number of rotatable bonds is 7.